The summed E-state index contributed by atoms with van der Waals surface area (Å²) < 4.78 is 53.7. The van der Waals surface area contributed by atoms with Crippen LogP contribution in [0.4, 0.5) is 23.2 Å². The molecule has 1 amide bonds. The van der Waals surface area contributed by atoms with Gasteiger partial charge in [0, 0.05) is 29.8 Å². The number of aromatic nitrogens is 3. The molecule has 2 heterocycles. The summed E-state index contributed by atoms with van der Waals surface area (Å²) in [6.45, 7) is 3.48. The molecule has 0 saturated heterocycles. The molecule has 2 aromatic heterocycles. The van der Waals surface area contributed by atoms with Crippen LogP contribution in [0.25, 0.3) is 28.2 Å². The van der Waals surface area contributed by atoms with Crippen molar-refractivity contribution in [3.05, 3.63) is 71.2 Å². The third kappa shape index (κ3) is 5.94. The van der Waals surface area contributed by atoms with Gasteiger partial charge < -0.3 is 15.7 Å². The summed E-state index contributed by atoms with van der Waals surface area (Å²) in [5.41, 5.74) is 4.08. The third-order valence-electron chi connectivity index (χ3n) is 6.01. The maximum Gasteiger partial charge on any atom is 0.390 e. The van der Waals surface area contributed by atoms with Crippen LogP contribution in [0.2, 0.25) is 0 Å². The van der Waals surface area contributed by atoms with Crippen LogP contribution in [0.5, 0.6) is 0 Å². The van der Waals surface area contributed by atoms with Crippen LogP contribution in [-0.2, 0) is 6.61 Å². The average molecular weight is 530 g/mol. The third-order valence-corrected chi connectivity index (χ3v) is 6.01. The SMILES string of the molecule is CCCNC(=O)c1ccc(-c2cnc3c(NCCC(F)(F)F)cc(-c4ccc(F)cc4CO)nn23)cc1C. The fourth-order valence-electron chi connectivity index (χ4n) is 4.12. The second-order valence-electron chi connectivity index (χ2n) is 8.86. The molecular weight excluding hydrogens is 502 g/mol. The highest BCUT2D eigenvalue weighted by Crippen LogP contribution is 2.31. The molecule has 7 nitrogen and oxygen atoms in total. The molecule has 38 heavy (non-hydrogen) atoms. The Morgan fingerprint density at radius 1 is 1.11 bits per heavy atom. The first-order valence-electron chi connectivity index (χ1n) is 12.1. The minimum atomic E-state index is -4.34. The number of carbonyl (C=O) groups is 1. The van der Waals surface area contributed by atoms with E-state index in [1.165, 1.54) is 28.8 Å². The van der Waals surface area contributed by atoms with E-state index in [1.807, 2.05) is 19.9 Å². The topological polar surface area (TPSA) is 91.5 Å². The Labute approximate surface area is 216 Å². The van der Waals surface area contributed by atoms with Crippen LogP contribution in [0, 0.1) is 12.7 Å². The second kappa shape index (κ2) is 11.2. The van der Waals surface area contributed by atoms with Crippen LogP contribution in [0.3, 0.4) is 0 Å². The molecule has 3 N–H and O–H groups in total. The monoisotopic (exact) mass is 529 g/mol. The van der Waals surface area contributed by atoms with Gasteiger partial charge in [-0.15, -0.1) is 0 Å². The number of nitrogens with zero attached hydrogens (tertiary/aromatic N) is 3. The number of aryl methyl sites for hydroxylation is 1. The number of imidazole rings is 1. The fraction of sp³-hybridized carbons (Fsp3) is 0.296. The molecule has 0 saturated carbocycles. The summed E-state index contributed by atoms with van der Waals surface area (Å²) >= 11 is 0. The zero-order chi connectivity index (χ0) is 27.4. The Morgan fingerprint density at radius 2 is 1.89 bits per heavy atom. The number of aliphatic hydroxyl groups is 1. The van der Waals surface area contributed by atoms with Gasteiger partial charge in [-0.3, -0.25) is 4.79 Å². The lowest BCUT2D eigenvalue weighted by molar-refractivity contribution is -0.131. The van der Waals surface area contributed by atoms with Crippen molar-refractivity contribution in [1.82, 2.24) is 19.9 Å². The van der Waals surface area contributed by atoms with E-state index in [4.69, 9.17) is 0 Å². The molecule has 4 rings (SSSR count). The molecule has 0 spiro atoms. The molecule has 0 aliphatic heterocycles. The van der Waals surface area contributed by atoms with Gasteiger partial charge in [-0.2, -0.15) is 18.3 Å². The highest BCUT2D eigenvalue weighted by molar-refractivity contribution is 5.96. The van der Waals surface area contributed by atoms with Crippen LogP contribution in [0.1, 0.15) is 41.3 Å². The Balaban J connectivity index is 1.82. The second-order valence-corrected chi connectivity index (χ2v) is 8.86. The highest BCUT2D eigenvalue weighted by atomic mass is 19.4. The minimum absolute atomic E-state index is 0.182. The largest absolute Gasteiger partial charge is 0.392 e. The van der Waals surface area contributed by atoms with Gasteiger partial charge in [0.2, 0.25) is 0 Å². The maximum atomic E-state index is 13.8. The number of aliphatic hydroxyl groups excluding tert-OH is 1. The van der Waals surface area contributed by atoms with Crippen LogP contribution in [0.15, 0.2) is 48.7 Å². The Morgan fingerprint density at radius 3 is 2.58 bits per heavy atom. The zero-order valence-electron chi connectivity index (χ0n) is 20.9. The number of hydrogen-bond acceptors (Lipinski definition) is 5. The molecule has 0 unspecified atom stereocenters. The number of rotatable bonds is 9. The summed E-state index contributed by atoms with van der Waals surface area (Å²) in [4.78, 5) is 16.9. The number of nitrogens with one attached hydrogen (secondary N) is 2. The standard InChI is InChI=1S/C27H27F4N5O2/c1-3-9-33-26(38)20-6-4-17(11-16(20)2)24-14-34-25-23(32-10-8-27(29,30)31)13-22(35-36(24)25)21-7-5-19(28)12-18(21)15-37/h4-7,11-14,32,37H,3,8-10,15H2,1-2H3,(H,33,38). The molecule has 0 atom stereocenters. The predicted molar refractivity (Wildman–Crippen MR) is 136 cm³/mol. The summed E-state index contributed by atoms with van der Waals surface area (Å²) in [6, 6.07) is 10.6. The molecule has 11 heteroatoms. The normalized spacial score (nSPS) is 11.7. The van der Waals surface area contributed by atoms with Gasteiger partial charge in [0.1, 0.15) is 5.82 Å². The first-order chi connectivity index (χ1) is 18.1. The van der Waals surface area contributed by atoms with Gasteiger partial charge >= 0.3 is 6.18 Å². The predicted octanol–water partition coefficient (Wildman–Crippen LogP) is 5.51. The van der Waals surface area contributed by atoms with Crippen LogP contribution >= 0.6 is 0 Å². The fourth-order valence-corrected chi connectivity index (χ4v) is 4.12. The number of anilines is 1. The Kier molecular flexibility index (Phi) is 7.96. The smallest absolute Gasteiger partial charge is 0.390 e. The van der Waals surface area contributed by atoms with Crippen molar-refractivity contribution in [2.45, 2.75) is 39.5 Å². The number of halogens is 4. The molecule has 0 aliphatic carbocycles. The Bertz CT molecular complexity index is 1470. The molecule has 0 fully saturated rings. The van der Waals surface area contributed by atoms with E-state index in [0.717, 1.165) is 12.0 Å². The number of alkyl halides is 3. The van der Waals surface area contributed by atoms with Crippen molar-refractivity contribution < 1.29 is 27.5 Å². The van der Waals surface area contributed by atoms with Gasteiger partial charge in [0.15, 0.2) is 5.65 Å². The van der Waals surface area contributed by atoms with Crippen molar-refractivity contribution in [1.29, 1.82) is 0 Å². The molecule has 200 valence electrons. The minimum Gasteiger partial charge on any atom is -0.392 e. The molecule has 0 bridgehead atoms. The summed E-state index contributed by atoms with van der Waals surface area (Å²) in [5, 5.41) is 20.1. The van der Waals surface area contributed by atoms with E-state index in [1.54, 1.807) is 18.3 Å². The molecular formula is C27H27F4N5O2. The molecule has 4 aromatic rings. The van der Waals surface area contributed by atoms with Gasteiger partial charge in [-0.25, -0.2) is 13.9 Å². The zero-order valence-corrected chi connectivity index (χ0v) is 20.9. The molecule has 2 aromatic carbocycles. The van der Waals surface area contributed by atoms with Crippen molar-refractivity contribution in [2.24, 2.45) is 0 Å². The van der Waals surface area contributed by atoms with Gasteiger partial charge in [-0.1, -0.05) is 13.0 Å². The lowest BCUT2D eigenvalue weighted by Gasteiger charge is -2.14. The van der Waals surface area contributed by atoms with Crippen LogP contribution in [-0.4, -0.2) is 44.9 Å². The quantitative estimate of drug-likeness (QED) is 0.249. The molecule has 0 radical (unpaired) electrons. The van der Waals surface area contributed by atoms with E-state index < -0.39 is 25.0 Å². The van der Waals surface area contributed by atoms with E-state index >= 15 is 0 Å². The van der Waals surface area contributed by atoms with Crippen molar-refractivity contribution >= 4 is 17.2 Å². The first kappa shape index (κ1) is 27.1. The van der Waals surface area contributed by atoms with Crippen LogP contribution < -0.4 is 10.6 Å². The summed E-state index contributed by atoms with van der Waals surface area (Å²) in [7, 11) is 0. The first-order valence-corrected chi connectivity index (χ1v) is 12.1. The average Bonchev–Trinajstić information content (AvgIpc) is 3.30. The van der Waals surface area contributed by atoms with E-state index in [9.17, 15) is 27.5 Å². The number of benzene rings is 2. The number of carbonyl (C=O) groups excluding carboxylic acids is 1. The van der Waals surface area contributed by atoms with Gasteiger partial charge in [-0.05, 0) is 60.9 Å². The van der Waals surface area contributed by atoms with Crippen molar-refractivity contribution in [3.8, 4) is 22.5 Å². The van der Waals surface area contributed by atoms with Gasteiger partial charge in [0.25, 0.3) is 5.91 Å². The maximum absolute atomic E-state index is 13.8. The lowest BCUT2D eigenvalue weighted by atomic mass is 10.0. The summed E-state index contributed by atoms with van der Waals surface area (Å²) in [6.07, 6.45) is -3.04. The van der Waals surface area contributed by atoms with E-state index in [0.29, 0.717) is 46.0 Å². The number of fused-ring (bicyclic) bond motifs is 1. The van der Waals surface area contributed by atoms with E-state index in [-0.39, 0.29) is 18.0 Å². The highest BCUT2D eigenvalue weighted by Gasteiger charge is 2.26. The Hall–Kier alpha value is -3.99. The van der Waals surface area contributed by atoms with Crippen molar-refractivity contribution in [2.75, 3.05) is 18.4 Å². The van der Waals surface area contributed by atoms with Crippen molar-refractivity contribution in [3.63, 3.8) is 0 Å². The van der Waals surface area contributed by atoms with Gasteiger partial charge in [0.05, 0.1) is 36.3 Å². The lowest BCUT2D eigenvalue weighted by Crippen LogP contribution is -2.24. The van der Waals surface area contributed by atoms with E-state index in [2.05, 4.69) is 20.7 Å². The summed E-state index contributed by atoms with van der Waals surface area (Å²) in [5.74, 6) is -0.720. The molecule has 0 aliphatic rings. The number of amides is 1. The number of hydrogen-bond donors (Lipinski definition) is 3.